The lowest BCUT2D eigenvalue weighted by Gasteiger charge is -2.29. The van der Waals surface area contributed by atoms with Gasteiger partial charge in [0, 0.05) is 37.5 Å². The highest BCUT2D eigenvalue weighted by Crippen LogP contribution is 2.58. The third-order valence-corrected chi connectivity index (χ3v) is 22.4. The van der Waals surface area contributed by atoms with Crippen LogP contribution in [0.1, 0.15) is 183 Å². The molecule has 4 saturated carbocycles. The molecule has 4 aliphatic carbocycles. The summed E-state index contributed by atoms with van der Waals surface area (Å²) in [6.45, 7) is 10.8. The highest BCUT2D eigenvalue weighted by molar-refractivity contribution is 7.91. The lowest BCUT2D eigenvalue weighted by Crippen LogP contribution is -2.46. The zero-order valence-electron chi connectivity index (χ0n) is 56.2. The van der Waals surface area contributed by atoms with Crippen LogP contribution in [0.3, 0.4) is 0 Å². The standard InChI is InChI=1S/C35H45N3O9S.C32H40N2O8.C3H7NO2S/c1-34(2,3)47-30(40)17-22-11-7-5-4-6-8-12-23-19-35(23,32(42)37-48(43,44)25-15-16-25)20-28(39)27-18-24(21-38(27)31(22)41)45-33-36-26-13-9-10-14-29(26)46-33;1-31(2,3)42-27(36)15-20-11-7-5-4-6-8-12-21-17-32(21,29(38)39)18-25(35)24-16-22(19-34(24)28(20)37)40-30-33-23-13-9-10-14-26(23)41-30;4-7(5,6)3-1-2-3/h8-10,12-14,22-25,27H,4-7,11,15-21H2,1-3H3,(H,37,42);8-10,12-14,20-22,24H,4-7,11,15-19H2,1-3H3,(H,38,39);3H,1-2H2,(H2,4,5,6)/b2*12-8-;/t22-,23-,24-,27+,35-;20-,21-,22-,24+,32-;/m11./s1. The van der Waals surface area contributed by atoms with Gasteiger partial charge in [-0.2, -0.15) is 9.97 Å². The molecule has 2 aromatic carbocycles. The van der Waals surface area contributed by atoms with Crippen LogP contribution in [0.25, 0.3) is 22.2 Å². The Bertz CT molecular complexity index is 3830. The number of sulfonamides is 2. The Kier molecular flexibility index (Phi) is 22.0. The number of benzene rings is 2. The minimum absolute atomic E-state index is 0.0164. The van der Waals surface area contributed by atoms with E-state index in [1.807, 2.05) is 48.6 Å². The second kappa shape index (κ2) is 29.5. The molecule has 27 heteroatoms. The van der Waals surface area contributed by atoms with E-state index in [0.717, 1.165) is 57.8 Å². The van der Waals surface area contributed by atoms with Gasteiger partial charge in [0.1, 0.15) is 34.4 Å². The molecule has 0 spiro atoms. The number of nitrogens with two attached hydrogens (primary N) is 1. The smallest absolute Gasteiger partial charge is 0.394 e. The van der Waals surface area contributed by atoms with Crippen molar-refractivity contribution in [2.45, 2.75) is 229 Å². The molecule has 0 unspecified atom stereocenters. The average molecular weight is 1390 g/mol. The maximum absolute atomic E-state index is 14.3. The van der Waals surface area contributed by atoms with E-state index in [4.69, 9.17) is 32.9 Å². The second-order valence-electron chi connectivity index (χ2n) is 29.5. The Morgan fingerprint density at radius 3 is 1.43 bits per heavy atom. The number of aliphatic carboxylic acids is 1. The number of esters is 2. The van der Waals surface area contributed by atoms with Crippen LogP contribution in [0.5, 0.6) is 12.2 Å². The number of aromatic nitrogens is 2. The fourth-order valence-electron chi connectivity index (χ4n) is 13.6. The molecule has 25 nitrogen and oxygen atoms in total. The van der Waals surface area contributed by atoms with Gasteiger partial charge in [0.05, 0.1) is 59.3 Å². The number of rotatable bonds is 13. The number of hydrogen-bond donors (Lipinski definition) is 3. The summed E-state index contributed by atoms with van der Waals surface area (Å²) in [7, 11) is -6.95. The van der Waals surface area contributed by atoms with Crippen LogP contribution in [0.2, 0.25) is 0 Å². The summed E-state index contributed by atoms with van der Waals surface area (Å²) in [5.41, 5.74) is -1.47. The van der Waals surface area contributed by atoms with Gasteiger partial charge in [0.2, 0.25) is 37.8 Å². The molecule has 4 N–H and O–H groups in total. The lowest BCUT2D eigenvalue weighted by molar-refractivity contribution is -0.159. The maximum Gasteiger partial charge on any atom is 0.394 e. The van der Waals surface area contributed by atoms with Gasteiger partial charge in [-0.25, -0.2) is 22.0 Å². The van der Waals surface area contributed by atoms with Gasteiger partial charge < -0.3 is 42.7 Å². The second-order valence-corrected chi connectivity index (χ2v) is 33.3. The number of ketones is 2. The Morgan fingerprint density at radius 1 is 0.608 bits per heavy atom. The first-order chi connectivity index (χ1) is 45.8. The van der Waals surface area contributed by atoms with Crippen molar-refractivity contribution in [2.24, 2.45) is 39.6 Å². The van der Waals surface area contributed by atoms with Crippen molar-refractivity contribution < 1.29 is 88.1 Å². The number of nitrogens with one attached hydrogen (secondary N) is 1. The Balaban J connectivity index is 0.000000192. The molecule has 10 atom stereocenters. The van der Waals surface area contributed by atoms with Crippen molar-refractivity contribution in [1.82, 2.24) is 24.5 Å². The van der Waals surface area contributed by atoms with Gasteiger partial charge in [0.15, 0.2) is 22.7 Å². The molecule has 2 aromatic heterocycles. The third-order valence-electron chi connectivity index (χ3n) is 19.2. The Labute approximate surface area is 565 Å². The zero-order chi connectivity index (χ0) is 69.8. The number of nitrogens with zero attached hydrogens (tertiary/aromatic N) is 4. The molecular formula is C70H92N6O19S2. The summed E-state index contributed by atoms with van der Waals surface area (Å²) in [6, 6.07) is 12.6. The minimum Gasteiger partial charge on any atom is -0.481 e. The molecule has 3 amide bonds. The molecule has 97 heavy (non-hydrogen) atoms. The summed E-state index contributed by atoms with van der Waals surface area (Å²) in [5, 5.41) is 14.0. The number of amides is 3. The van der Waals surface area contributed by atoms with Crippen LogP contribution in [-0.4, -0.2) is 148 Å². The average Bonchev–Trinajstić information content (AvgIpc) is 1.58. The van der Waals surface area contributed by atoms with E-state index in [-0.39, 0.29) is 104 Å². The van der Waals surface area contributed by atoms with Gasteiger partial charge >= 0.3 is 30.1 Å². The van der Waals surface area contributed by atoms with E-state index in [9.17, 15) is 60.3 Å². The molecule has 0 bridgehead atoms. The molecule has 12 rings (SSSR count). The molecule has 528 valence electrons. The summed E-state index contributed by atoms with van der Waals surface area (Å²) < 4.78 is 82.9. The van der Waals surface area contributed by atoms with Crippen LogP contribution < -0.4 is 19.3 Å². The number of carbonyl (C=O) groups excluding carboxylic acids is 7. The topological polar surface area (TPSA) is 359 Å². The largest absolute Gasteiger partial charge is 0.481 e. The lowest BCUT2D eigenvalue weighted by atomic mass is 9.90. The van der Waals surface area contributed by atoms with Gasteiger partial charge in [-0.05, 0) is 155 Å². The number of carboxylic acids is 1. The third kappa shape index (κ3) is 18.8. The molecule has 8 aliphatic rings. The molecule has 0 radical (unpaired) electrons. The van der Waals surface area contributed by atoms with Crippen molar-refractivity contribution in [2.75, 3.05) is 13.1 Å². The van der Waals surface area contributed by atoms with Crippen molar-refractivity contribution in [3.05, 3.63) is 72.8 Å². The number of oxazole rings is 2. The molecule has 4 aliphatic heterocycles. The van der Waals surface area contributed by atoms with Gasteiger partial charge in [-0.3, -0.25) is 43.1 Å². The predicted octanol–water partition coefficient (Wildman–Crippen LogP) is 9.15. The Hall–Kier alpha value is -7.52. The van der Waals surface area contributed by atoms with Gasteiger partial charge in [0.25, 0.3) is 0 Å². The number of primary sulfonamides is 1. The SMILES string of the molecule is CC(C)(C)OC(=O)C[C@H]1CCCCC/C=C\[C@@H]2C[C@@]2(C(=O)NS(=O)(=O)C2CC2)CC(=O)[C@@H]2C[C@@H](Oc3nc4ccccc4o3)CN2C1=O.CC(C)(C)OC(=O)C[C@H]1CCCCC/C=C\[C@@H]2C[C@@]2(C(=O)O)CC(=O)[C@@H]2C[C@@H](Oc3nc4ccccc4o3)CN2C1=O.NS(=O)(=O)C1CC1. The normalized spacial score (nSPS) is 28.9. The van der Waals surface area contributed by atoms with Crippen molar-refractivity contribution >= 4 is 89.4 Å². The quantitative estimate of drug-likeness (QED) is 0.0829. The predicted molar refractivity (Wildman–Crippen MR) is 354 cm³/mol. The van der Waals surface area contributed by atoms with E-state index in [2.05, 4.69) is 14.7 Å². The van der Waals surface area contributed by atoms with Crippen molar-refractivity contribution in [3.63, 3.8) is 0 Å². The molecule has 2 saturated heterocycles. The molecule has 6 heterocycles. The molecule has 4 aromatic rings. The van der Waals surface area contributed by atoms with E-state index in [1.165, 1.54) is 9.80 Å². The van der Waals surface area contributed by atoms with E-state index >= 15 is 0 Å². The van der Waals surface area contributed by atoms with Gasteiger partial charge in [-0.15, -0.1) is 0 Å². The Morgan fingerprint density at radius 2 is 1.03 bits per heavy atom. The molecular weight excluding hydrogens is 1290 g/mol. The summed E-state index contributed by atoms with van der Waals surface area (Å²) in [5.74, 6) is -5.82. The van der Waals surface area contributed by atoms with E-state index in [0.29, 0.717) is 67.1 Å². The van der Waals surface area contributed by atoms with Crippen molar-refractivity contribution in [1.29, 1.82) is 0 Å². The number of Topliss-reactive ketones (excluding diaryl/α,β-unsaturated/α-hetero) is 2. The fourth-order valence-corrected chi connectivity index (χ4v) is 15.8. The van der Waals surface area contributed by atoms with Crippen LogP contribution in [0.4, 0.5) is 0 Å². The van der Waals surface area contributed by atoms with Crippen LogP contribution in [-0.2, 0) is 67.9 Å². The van der Waals surface area contributed by atoms with E-state index in [1.54, 1.807) is 65.8 Å². The first-order valence-corrected chi connectivity index (χ1v) is 37.2. The first kappa shape index (κ1) is 72.2. The number of carbonyl (C=O) groups is 8. The van der Waals surface area contributed by atoms with Gasteiger partial charge in [-0.1, -0.05) is 74.3 Å². The number of allylic oxidation sites excluding steroid dienone is 4. The van der Waals surface area contributed by atoms with Crippen LogP contribution >= 0.6 is 0 Å². The van der Waals surface area contributed by atoms with Crippen LogP contribution in [0.15, 0.2) is 81.7 Å². The number of ether oxygens (including phenoxy) is 4. The van der Waals surface area contributed by atoms with Crippen molar-refractivity contribution in [3.8, 4) is 12.2 Å². The summed E-state index contributed by atoms with van der Waals surface area (Å²) in [4.78, 5) is 120. The highest BCUT2D eigenvalue weighted by atomic mass is 32.2. The van der Waals surface area contributed by atoms with E-state index < -0.39 is 107 Å². The number of para-hydroxylation sites is 4. The van der Waals surface area contributed by atoms with Crippen LogP contribution in [0, 0.1) is 34.5 Å². The summed E-state index contributed by atoms with van der Waals surface area (Å²) >= 11 is 0. The highest BCUT2D eigenvalue weighted by Gasteiger charge is 2.63. The minimum atomic E-state index is -3.82. The maximum atomic E-state index is 14.3. The summed E-state index contributed by atoms with van der Waals surface area (Å²) in [6.07, 6.45) is 17.0. The first-order valence-electron chi connectivity index (χ1n) is 34.1. The number of hydrogen-bond acceptors (Lipinski definition) is 20. The number of carboxylic acid groups (broad SMARTS) is 1. The molecule has 6 fully saturated rings. The fraction of sp³-hybridized carbons (Fsp3) is 0.629. The zero-order valence-corrected chi connectivity index (χ0v) is 57.8. The number of fused-ring (bicyclic) bond motifs is 6. The monoisotopic (exact) mass is 1380 g/mol.